The molecule has 132 valence electrons. The molecule has 0 aliphatic heterocycles. The van der Waals surface area contributed by atoms with Gasteiger partial charge in [0.25, 0.3) is 0 Å². The number of fused-ring (bicyclic) bond motifs is 1. The Kier molecular flexibility index (Phi) is 5.06. The molecule has 0 amide bonds. The molecule has 0 saturated carbocycles. The van der Waals surface area contributed by atoms with Crippen molar-refractivity contribution in [2.24, 2.45) is 0 Å². The number of hydrogen-bond donors (Lipinski definition) is 1. The predicted octanol–water partition coefficient (Wildman–Crippen LogP) is 2.56. The first-order chi connectivity index (χ1) is 12.0. The van der Waals surface area contributed by atoms with Crippen molar-refractivity contribution >= 4 is 15.5 Å². The Morgan fingerprint density at radius 2 is 2.08 bits per heavy atom. The van der Waals surface area contributed by atoms with Crippen LogP contribution in [-0.2, 0) is 16.4 Å². The summed E-state index contributed by atoms with van der Waals surface area (Å²) >= 11 is 0. The van der Waals surface area contributed by atoms with Crippen LogP contribution in [0.15, 0.2) is 53.7 Å². The van der Waals surface area contributed by atoms with E-state index in [4.69, 9.17) is 4.74 Å². The fourth-order valence-corrected chi connectivity index (χ4v) is 4.03. The number of pyridine rings is 1. The van der Waals surface area contributed by atoms with Crippen LogP contribution in [0.3, 0.4) is 0 Å². The minimum atomic E-state index is -3.61. The van der Waals surface area contributed by atoms with Crippen molar-refractivity contribution in [3.05, 3.63) is 60.2 Å². The number of imidazole rings is 1. The fourth-order valence-electron chi connectivity index (χ4n) is 2.71. The lowest BCUT2D eigenvalue weighted by molar-refractivity contribution is 0.402. The van der Waals surface area contributed by atoms with E-state index < -0.39 is 10.0 Å². The number of sulfonamides is 1. The van der Waals surface area contributed by atoms with Crippen molar-refractivity contribution < 1.29 is 13.2 Å². The molecule has 2 heterocycles. The lowest BCUT2D eigenvalue weighted by atomic mass is 10.2. The normalized spacial score (nSPS) is 11.8. The molecular formula is C18H21N3O3S. The van der Waals surface area contributed by atoms with Crippen molar-refractivity contribution in [2.75, 3.05) is 13.7 Å². The van der Waals surface area contributed by atoms with E-state index in [0.29, 0.717) is 25.1 Å². The zero-order chi connectivity index (χ0) is 17.9. The predicted molar refractivity (Wildman–Crippen MR) is 96.4 cm³/mol. The van der Waals surface area contributed by atoms with Gasteiger partial charge in [0, 0.05) is 19.2 Å². The number of nitrogens with one attached hydrogen (secondary N) is 1. The number of aromatic nitrogens is 2. The third-order valence-corrected chi connectivity index (χ3v) is 5.48. The van der Waals surface area contributed by atoms with Gasteiger partial charge in [-0.25, -0.2) is 18.1 Å². The van der Waals surface area contributed by atoms with Gasteiger partial charge in [-0.15, -0.1) is 0 Å². The molecule has 0 unspecified atom stereocenters. The van der Waals surface area contributed by atoms with Crippen LogP contribution in [0.5, 0.6) is 5.75 Å². The van der Waals surface area contributed by atoms with Gasteiger partial charge < -0.3 is 9.14 Å². The SMILES string of the molecule is COc1ccc(C)cc1S(=O)(=O)NCCCc1ncc2ccccn12. The molecular weight excluding hydrogens is 338 g/mol. The molecule has 0 aliphatic carbocycles. The number of hydrogen-bond acceptors (Lipinski definition) is 4. The standard InChI is InChI=1S/C18H21N3O3S/c1-14-8-9-16(24-2)17(12-14)25(22,23)20-10-5-7-18-19-13-15-6-3-4-11-21(15)18/h3-4,6,8-9,11-13,20H,5,7,10H2,1-2H3. The first-order valence-corrected chi connectivity index (χ1v) is 9.55. The van der Waals surface area contributed by atoms with E-state index in [1.165, 1.54) is 7.11 Å². The first kappa shape index (κ1) is 17.4. The van der Waals surface area contributed by atoms with Gasteiger partial charge in [0.2, 0.25) is 10.0 Å². The van der Waals surface area contributed by atoms with Crippen LogP contribution in [0.2, 0.25) is 0 Å². The molecule has 7 heteroatoms. The number of methoxy groups -OCH3 is 1. The third-order valence-electron chi connectivity index (χ3n) is 3.99. The van der Waals surface area contributed by atoms with Crippen LogP contribution >= 0.6 is 0 Å². The molecule has 0 bridgehead atoms. The summed E-state index contributed by atoms with van der Waals surface area (Å²) in [4.78, 5) is 4.56. The Labute approximate surface area is 147 Å². The highest BCUT2D eigenvalue weighted by atomic mass is 32.2. The molecule has 2 aromatic heterocycles. The molecule has 3 rings (SSSR count). The van der Waals surface area contributed by atoms with Crippen molar-refractivity contribution in [2.45, 2.75) is 24.7 Å². The van der Waals surface area contributed by atoms with E-state index in [1.807, 2.05) is 48.0 Å². The van der Waals surface area contributed by atoms with Gasteiger partial charge in [-0.2, -0.15) is 0 Å². The Morgan fingerprint density at radius 3 is 2.88 bits per heavy atom. The summed E-state index contributed by atoms with van der Waals surface area (Å²) in [5, 5.41) is 0. The summed E-state index contributed by atoms with van der Waals surface area (Å²) in [5.74, 6) is 1.26. The Bertz CT molecular complexity index is 980. The molecule has 0 aliphatic rings. The number of aryl methyl sites for hydroxylation is 2. The maximum absolute atomic E-state index is 12.5. The molecule has 1 N–H and O–H groups in total. The maximum atomic E-state index is 12.5. The molecule has 0 fully saturated rings. The highest BCUT2D eigenvalue weighted by Crippen LogP contribution is 2.24. The summed E-state index contributed by atoms with van der Waals surface area (Å²) in [6, 6.07) is 11.0. The Morgan fingerprint density at radius 1 is 1.24 bits per heavy atom. The van der Waals surface area contributed by atoms with E-state index >= 15 is 0 Å². The van der Waals surface area contributed by atoms with E-state index in [2.05, 4.69) is 9.71 Å². The van der Waals surface area contributed by atoms with Gasteiger partial charge in [-0.05, 0) is 43.2 Å². The second-order valence-electron chi connectivity index (χ2n) is 5.83. The molecule has 1 aromatic carbocycles. The highest BCUT2D eigenvalue weighted by molar-refractivity contribution is 7.89. The largest absolute Gasteiger partial charge is 0.495 e. The maximum Gasteiger partial charge on any atom is 0.244 e. The summed E-state index contributed by atoms with van der Waals surface area (Å²) in [7, 11) is -2.15. The van der Waals surface area contributed by atoms with Crippen LogP contribution in [0.25, 0.3) is 5.52 Å². The average Bonchev–Trinajstić information content (AvgIpc) is 3.02. The van der Waals surface area contributed by atoms with Crippen molar-refractivity contribution in [3.63, 3.8) is 0 Å². The van der Waals surface area contributed by atoms with E-state index in [0.717, 1.165) is 16.9 Å². The molecule has 3 aromatic rings. The lowest BCUT2D eigenvalue weighted by Crippen LogP contribution is -2.25. The van der Waals surface area contributed by atoms with Crippen molar-refractivity contribution in [1.82, 2.24) is 14.1 Å². The van der Waals surface area contributed by atoms with E-state index in [-0.39, 0.29) is 4.90 Å². The fraction of sp³-hybridized carbons (Fsp3) is 0.278. The summed E-state index contributed by atoms with van der Waals surface area (Å²) in [5.41, 5.74) is 1.90. The minimum absolute atomic E-state index is 0.168. The Hall–Kier alpha value is -2.38. The smallest absolute Gasteiger partial charge is 0.244 e. The molecule has 0 atom stereocenters. The van der Waals surface area contributed by atoms with Gasteiger partial charge in [-0.1, -0.05) is 12.1 Å². The van der Waals surface area contributed by atoms with Crippen LogP contribution in [0, 0.1) is 6.92 Å². The Balaban J connectivity index is 1.64. The number of nitrogens with zero attached hydrogens (tertiary/aromatic N) is 2. The van der Waals surface area contributed by atoms with Crippen LogP contribution < -0.4 is 9.46 Å². The summed E-state index contributed by atoms with van der Waals surface area (Å²) in [6.07, 6.45) is 5.11. The summed E-state index contributed by atoms with van der Waals surface area (Å²) < 4.78 is 34.9. The zero-order valence-corrected chi connectivity index (χ0v) is 15.1. The van der Waals surface area contributed by atoms with Gasteiger partial charge >= 0.3 is 0 Å². The van der Waals surface area contributed by atoms with Crippen LogP contribution in [0.1, 0.15) is 17.8 Å². The molecule has 0 saturated heterocycles. The summed E-state index contributed by atoms with van der Waals surface area (Å²) in [6.45, 7) is 2.18. The van der Waals surface area contributed by atoms with Crippen molar-refractivity contribution in [3.8, 4) is 5.75 Å². The monoisotopic (exact) mass is 359 g/mol. The molecule has 0 radical (unpaired) electrons. The second kappa shape index (κ2) is 7.25. The van der Waals surface area contributed by atoms with Gasteiger partial charge in [0.15, 0.2) is 0 Å². The van der Waals surface area contributed by atoms with E-state index in [9.17, 15) is 8.42 Å². The number of rotatable bonds is 7. The molecule has 0 spiro atoms. The first-order valence-electron chi connectivity index (χ1n) is 8.06. The number of benzene rings is 1. The average molecular weight is 359 g/mol. The van der Waals surface area contributed by atoms with Gasteiger partial charge in [0.05, 0.1) is 18.8 Å². The van der Waals surface area contributed by atoms with Crippen LogP contribution in [0.4, 0.5) is 0 Å². The number of ether oxygens (including phenoxy) is 1. The second-order valence-corrected chi connectivity index (χ2v) is 7.56. The van der Waals surface area contributed by atoms with Crippen molar-refractivity contribution in [1.29, 1.82) is 0 Å². The lowest BCUT2D eigenvalue weighted by Gasteiger charge is -2.11. The topological polar surface area (TPSA) is 72.7 Å². The third kappa shape index (κ3) is 3.83. The quantitative estimate of drug-likeness (QED) is 0.658. The molecule has 25 heavy (non-hydrogen) atoms. The van der Waals surface area contributed by atoms with E-state index in [1.54, 1.807) is 12.1 Å². The minimum Gasteiger partial charge on any atom is -0.495 e. The highest BCUT2D eigenvalue weighted by Gasteiger charge is 2.19. The van der Waals surface area contributed by atoms with Gasteiger partial charge in [-0.3, -0.25) is 0 Å². The zero-order valence-electron chi connectivity index (χ0n) is 14.3. The van der Waals surface area contributed by atoms with Gasteiger partial charge in [0.1, 0.15) is 16.5 Å². The van der Waals surface area contributed by atoms with Crippen LogP contribution in [-0.4, -0.2) is 31.5 Å². The molecule has 6 nitrogen and oxygen atoms in total.